The van der Waals surface area contributed by atoms with Gasteiger partial charge in [0.05, 0.1) is 0 Å². The van der Waals surface area contributed by atoms with Crippen molar-refractivity contribution in [2.75, 3.05) is 23.9 Å². The predicted octanol–water partition coefficient (Wildman–Crippen LogP) is 4.43. The van der Waals surface area contributed by atoms with E-state index >= 15 is 0 Å². The lowest BCUT2D eigenvalue weighted by atomic mass is 10.2. The Kier molecular flexibility index (Phi) is 5.87. The molecular formula is C18H28N2O4. The summed E-state index contributed by atoms with van der Waals surface area (Å²) in [6, 6.07) is 7.00. The summed E-state index contributed by atoms with van der Waals surface area (Å²) in [6.07, 6.45) is -0.869. The first-order chi connectivity index (χ1) is 10.8. The molecule has 1 aromatic carbocycles. The molecule has 0 heterocycles. The number of rotatable bonds is 2. The van der Waals surface area contributed by atoms with Crippen LogP contribution in [-0.4, -0.2) is 37.5 Å². The van der Waals surface area contributed by atoms with Gasteiger partial charge in [0, 0.05) is 25.5 Å². The lowest BCUT2D eigenvalue weighted by Gasteiger charge is -2.26. The molecular weight excluding hydrogens is 308 g/mol. The van der Waals surface area contributed by atoms with Gasteiger partial charge in [0.15, 0.2) is 0 Å². The highest BCUT2D eigenvalue weighted by Crippen LogP contribution is 2.22. The minimum Gasteiger partial charge on any atom is -0.443 e. The van der Waals surface area contributed by atoms with E-state index in [1.54, 1.807) is 38.4 Å². The number of carbonyl (C=O) groups excluding carboxylic acids is 2. The molecule has 6 nitrogen and oxygen atoms in total. The van der Waals surface area contributed by atoms with Crippen molar-refractivity contribution < 1.29 is 19.1 Å². The van der Waals surface area contributed by atoms with Crippen LogP contribution < -0.4 is 9.80 Å². The normalized spacial score (nSPS) is 11.7. The minimum absolute atomic E-state index is 0.434. The first-order valence-electron chi connectivity index (χ1n) is 7.83. The molecule has 0 spiro atoms. The van der Waals surface area contributed by atoms with Gasteiger partial charge >= 0.3 is 12.2 Å². The molecule has 24 heavy (non-hydrogen) atoms. The number of carbonyl (C=O) groups is 2. The summed E-state index contributed by atoms with van der Waals surface area (Å²) in [5, 5.41) is 0. The van der Waals surface area contributed by atoms with Crippen LogP contribution in [0.1, 0.15) is 41.5 Å². The molecule has 0 fully saturated rings. The van der Waals surface area contributed by atoms with Crippen molar-refractivity contribution in [2.45, 2.75) is 52.7 Å². The van der Waals surface area contributed by atoms with E-state index in [0.29, 0.717) is 11.4 Å². The molecule has 0 atom stereocenters. The second kappa shape index (κ2) is 7.11. The zero-order chi connectivity index (χ0) is 18.7. The lowest BCUT2D eigenvalue weighted by Crippen LogP contribution is -2.35. The Morgan fingerprint density at radius 2 is 0.958 bits per heavy atom. The molecule has 0 aliphatic heterocycles. The third-order valence-corrected chi connectivity index (χ3v) is 2.96. The van der Waals surface area contributed by atoms with Gasteiger partial charge in [-0.25, -0.2) is 9.59 Å². The summed E-state index contributed by atoms with van der Waals surface area (Å²) in [7, 11) is 3.28. The summed E-state index contributed by atoms with van der Waals surface area (Å²) < 4.78 is 10.7. The fourth-order valence-electron chi connectivity index (χ4n) is 1.77. The highest BCUT2D eigenvalue weighted by molar-refractivity contribution is 5.90. The van der Waals surface area contributed by atoms with Gasteiger partial charge in [-0.2, -0.15) is 0 Å². The number of anilines is 2. The van der Waals surface area contributed by atoms with Gasteiger partial charge in [0.1, 0.15) is 11.2 Å². The van der Waals surface area contributed by atoms with Crippen LogP contribution in [0.15, 0.2) is 24.3 Å². The maximum Gasteiger partial charge on any atom is 0.414 e. The van der Waals surface area contributed by atoms with Crippen LogP contribution in [0.3, 0.4) is 0 Å². The van der Waals surface area contributed by atoms with Crippen LogP contribution >= 0.6 is 0 Å². The second-order valence-electron chi connectivity index (χ2n) is 7.60. The van der Waals surface area contributed by atoms with E-state index in [1.807, 2.05) is 41.5 Å². The zero-order valence-electron chi connectivity index (χ0n) is 15.8. The van der Waals surface area contributed by atoms with Gasteiger partial charge in [-0.1, -0.05) is 0 Å². The minimum atomic E-state index is -0.553. The standard InChI is InChI=1S/C18H28N2O4/c1-17(2,3)23-15(21)19(7)13-9-11-14(12-10-13)20(8)16(22)24-18(4,5)6/h9-12H,1-8H3. The molecule has 0 saturated heterocycles. The Hall–Kier alpha value is -2.24. The van der Waals surface area contributed by atoms with E-state index in [9.17, 15) is 9.59 Å². The zero-order valence-corrected chi connectivity index (χ0v) is 15.8. The van der Waals surface area contributed by atoms with Crippen LogP contribution in [0.4, 0.5) is 21.0 Å². The van der Waals surface area contributed by atoms with Crippen LogP contribution in [0, 0.1) is 0 Å². The first kappa shape index (κ1) is 19.8. The molecule has 0 aromatic heterocycles. The fourth-order valence-corrected chi connectivity index (χ4v) is 1.77. The molecule has 0 N–H and O–H groups in total. The van der Waals surface area contributed by atoms with Gasteiger partial charge in [0.2, 0.25) is 0 Å². The van der Waals surface area contributed by atoms with Gasteiger partial charge in [-0.3, -0.25) is 9.80 Å². The van der Waals surface area contributed by atoms with Crippen molar-refractivity contribution in [1.29, 1.82) is 0 Å². The predicted molar refractivity (Wildman–Crippen MR) is 95.7 cm³/mol. The van der Waals surface area contributed by atoms with Gasteiger partial charge in [-0.15, -0.1) is 0 Å². The number of amides is 2. The van der Waals surface area contributed by atoms with Gasteiger partial charge in [0.25, 0.3) is 0 Å². The number of nitrogens with zero attached hydrogens (tertiary/aromatic N) is 2. The molecule has 1 rings (SSSR count). The SMILES string of the molecule is CN(C(=O)OC(C)(C)C)c1ccc(N(C)C(=O)OC(C)(C)C)cc1. The Morgan fingerprint density at radius 1 is 0.708 bits per heavy atom. The number of benzene rings is 1. The molecule has 0 unspecified atom stereocenters. The third kappa shape index (κ3) is 6.10. The van der Waals surface area contributed by atoms with Crippen molar-refractivity contribution >= 4 is 23.6 Å². The Bertz CT molecular complexity index is 530. The average Bonchev–Trinajstić information content (AvgIpc) is 2.42. The van der Waals surface area contributed by atoms with Crippen molar-refractivity contribution in [3.05, 3.63) is 24.3 Å². The van der Waals surface area contributed by atoms with Crippen LogP contribution in [-0.2, 0) is 9.47 Å². The third-order valence-electron chi connectivity index (χ3n) is 2.96. The van der Waals surface area contributed by atoms with Crippen LogP contribution in [0.5, 0.6) is 0 Å². The van der Waals surface area contributed by atoms with E-state index in [2.05, 4.69) is 0 Å². The molecule has 2 amide bonds. The van der Waals surface area contributed by atoms with E-state index in [0.717, 1.165) is 0 Å². The first-order valence-corrected chi connectivity index (χ1v) is 7.83. The van der Waals surface area contributed by atoms with E-state index in [1.165, 1.54) is 9.80 Å². The molecule has 6 heteroatoms. The highest BCUT2D eigenvalue weighted by Gasteiger charge is 2.22. The Labute approximate surface area is 144 Å². The van der Waals surface area contributed by atoms with Crippen molar-refractivity contribution in [2.24, 2.45) is 0 Å². The monoisotopic (exact) mass is 336 g/mol. The van der Waals surface area contributed by atoms with Crippen molar-refractivity contribution in [3.8, 4) is 0 Å². The van der Waals surface area contributed by atoms with Crippen LogP contribution in [0.25, 0.3) is 0 Å². The summed E-state index contributed by atoms with van der Waals surface area (Å²) >= 11 is 0. The Balaban J connectivity index is 2.82. The van der Waals surface area contributed by atoms with Gasteiger partial charge < -0.3 is 9.47 Å². The fraction of sp³-hybridized carbons (Fsp3) is 0.556. The van der Waals surface area contributed by atoms with E-state index in [4.69, 9.17) is 9.47 Å². The summed E-state index contributed by atoms with van der Waals surface area (Å²) in [5.74, 6) is 0. The second-order valence-corrected chi connectivity index (χ2v) is 7.60. The van der Waals surface area contributed by atoms with Crippen molar-refractivity contribution in [1.82, 2.24) is 0 Å². The molecule has 0 bridgehead atoms. The molecule has 0 saturated carbocycles. The molecule has 0 aliphatic rings. The number of hydrogen-bond donors (Lipinski definition) is 0. The quantitative estimate of drug-likeness (QED) is 0.801. The molecule has 1 aromatic rings. The summed E-state index contributed by atoms with van der Waals surface area (Å²) in [4.78, 5) is 27.0. The summed E-state index contributed by atoms with van der Waals surface area (Å²) in [5.41, 5.74) is 0.237. The largest absolute Gasteiger partial charge is 0.443 e. The maximum absolute atomic E-state index is 12.1. The average molecular weight is 336 g/mol. The Morgan fingerprint density at radius 3 is 1.17 bits per heavy atom. The van der Waals surface area contributed by atoms with E-state index in [-0.39, 0.29) is 0 Å². The number of ether oxygens (including phenoxy) is 2. The smallest absolute Gasteiger partial charge is 0.414 e. The molecule has 0 radical (unpaired) electrons. The summed E-state index contributed by atoms with van der Waals surface area (Å²) in [6.45, 7) is 10.9. The van der Waals surface area contributed by atoms with Gasteiger partial charge in [-0.05, 0) is 65.8 Å². The number of hydrogen-bond acceptors (Lipinski definition) is 4. The maximum atomic E-state index is 12.1. The van der Waals surface area contributed by atoms with E-state index < -0.39 is 23.4 Å². The lowest BCUT2D eigenvalue weighted by molar-refractivity contribution is 0.0577. The topological polar surface area (TPSA) is 59.1 Å². The highest BCUT2D eigenvalue weighted by atomic mass is 16.6. The van der Waals surface area contributed by atoms with Crippen LogP contribution in [0.2, 0.25) is 0 Å². The van der Waals surface area contributed by atoms with Crippen molar-refractivity contribution in [3.63, 3.8) is 0 Å². The molecule has 0 aliphatic carbocycles. The molecule has 134 valence electrons.